The highest BCUT2D eigenvalue weighted by atomic mass is 19.4. The number of benzene rings is 2. The van der Waals surface area contributed by atoms with Crippen molar-refractivity contribution in [3.63, 3.8) is 0 Å². The van der Waals surface area contributed by atoms with Gasteiger partial charge >= 0.3 is 6.18 Å². The molecule has 0 fully saturated rings. The number of fused-ring (bicyclic) bond motifs is 1. The topological polar surface area (TPSA) is 46.4 Å². The van der Waals surface area contributed by atoms with Gasteiger partial charge in [-0.25, -0.2) is 4.98 Å². The van der Waals surface area contributed by atoms with Crippen molar-refractivity contribution in [1.29, 1.82) is 0 Å². The van der Waals surface area contributed by atoms with E-state index in [0.717, 1.165) is 36.2 Å². The van der Waals surface area contributed by atoms with E-state index in [9.17, 15) is 18.0 Å². The Morgan fingerprint density at radius 2 is 1.83 bits per heavy atom. The van der Waals surface area contributed by atoms with E-state index in [1.807, 2.05) is 66.9 Å². The van der Waals surface area contributed by atoms with Gasteiger partial charge in [-0.05, 0) is 55.5 Å². The molecule has 1 amide bonds. The third-order valence-corrected chi connectivity index (χ3v) is 6.24. The Hall–Kier alpha value is -3.61. The summed E-state index contributed by atoms with van der Waals surface area (Å²) in [5, 5.41) is 3.03. The van der Waals surface area contributed by atoms with Gasteiger partial charge in [0.2, 0.25) is 5.91 Å². The molecule has 0 aliphatic rings. The Bertz CT molecular complexity index is 1300. The van der Waals surface area contributed by atoms with Crippen LogP contribution >= 0.6 is 0 Å². The van der Waals surface area contributed by atoms with Crippen molar-refractivity contribution < 1.29 is 18.0 Å². The minimum absolute atomic E-state index is 0.0126. The van der Waals surface area contributed by atoms with Gasteiger partial charge in [0, 0.05) is 30.8 Å². The number of alkyl halides is 3. The molecule has 2 unspecified atom stereocenters. The number of pyridine rings is 1. The molecule has 0 radical (unpaired) electrons. The van der Waals surface area contributed by atoms with Crippen LogP contribution in [0.25, 0.3) is 5.65 Å². The van der Waals surface area contributed by atoms with Crippen molar-refractivity contribution in [2.45, 2.75) is 51.2 Å². The van der Waals surface area contributed by atoms with Crippen molar-refractivity contribution in [3.05, 3.63) is 107 Å². The first kappa shape index (κ1) is 24.5. The zero-order valence-electron chi connectivity index (χ0n) is 19.7. The minimum atomic E-state index is -4.47. The number of nitrogens with one attached hydrogen (secondary N) is 1. The van der Waals surface area contributed by atoms with E-state index in [1.54, 1.807) is 12.3 Å². The monoisotopic (exact) mass is 479 g/mol. The van der Waals surface area contributed by atoms with Gasteiger partial charge < -0.3 is 9.72 Å². The molecular formula is C28H28F3N3O. The minimum Gasteiger partial charge on any atom is -0.354 e. The number of hydrogen-bond acceptors (Lipinski definition) is 2. The van der Waals surface area contributed by atoms with E-state index in [0.29, 0.717) is 11.3 Å². The van der Waals surface area contributed by atoms with E-state index in [1.165, 1.54) is 11.6 Å². The lowest BCUT2D eigenvalue weighted by Gasteiger charge is -2.21. The molecule has 4 rings (SSSR count). The maximum absolute atomic E-state index is 13.4. The highest BCUT2D eigenvalue weighted by Crippen LogP contribution is 2.34. The summed E-state index contributed by atoms with van der Waals surface area (Å²) in [5.41, 5.74) is 3.22. The fourth-order valence-electron chi connectivity index (χ4n) is 4.37. The lowest BCUT2D eigenvalue weighted by molar-refractivity contribution is -0.137. The van der Waals surface area contributed by atoms with E-state index in [2.05, 4.69) is 10.3 Å². The molecule has 2 aromatic carbocycles. The third-order valence-electron chi connectivity index (χ3n) is 6.24. The zero-order valence-corrected chi connectivity index (χ0v) is 19.7. The van der Waals surface area contributed by atoms with Crippen molar-refractivity contribution in [1.82, 2.24) is 14.7 Å². The average molecular weight is 480 g/mol. The Morgan fingerprint density at radius 3 is 2.57 bits per heavy atom. The molecular weight excluding hydrogens is 451 g/mol. The summed E-state index contributed by atoms with van der Waals surface area (Å²) in [7, 11) is 0. The second-order valence-electron chi connectivity index (χ2n) is 8.94. The van der Waals surface area contributed by atoms with Gasteiger partial charge in [-0.1, -0.05) is 54.6 Å². The molecule has 0 saturated heterocycles. The van der Waals surface area contributed by atoms with Crippen LogP contribution in [0.1, 0.15) is 53.6 Å². The summed E-state index contributed by atoms with van der Waals surface area (Å²) in [6.07, 6.45) is 0.610. The van der Waals surface area contributed by atoms with Crippen molar-refractivity contribution >= 4 is 11.6 Å². The standard InChI is InChI=1S/C28H28F3N3O/c1-19-8-7-15-34-25(18-32-27(19)34)24(22-11-6-12-23(16-22)28(29,30)31)17-26(35)33-20(2)13-14-21-9-4-3-5-10-21/h3-12,15-16,18,20,24H,13-14,17H2,1-2H3,(H,33,35). The van der Waals surface area contributed by atoms with Gasteiger partial charge in [0.25, 0.3) is 0 Å². The molecule has 0 bridgehead atoms. The number of rotatable bonds is 8. The zero-order chi connectivity index (χ0) is 25.0. The van der Waals surface area contributed by atoms with Crippen LogP contribution in [-0.4, -0.2) is 21.3 Å². The molecule has 2 heterocycles. The number of carbonyl (C=O) groups is 1. The number of amides is 1. The van der Waals surface area contributed by atoms with Crippen LogP contribution in [0.15, 0.2) is 79.1 Å². The maximum Gasteiger partial charge on any atom is 0.416 e. The average Bonchev–Trinajstić information content (AvgIpc) is 3.27. The van der Waals surface area contributed by atoms with E-state index < -0.39 is 17.7 Å². The maximum atomic E-state index is 13.4. The molecule has 0 saturated carbocycles. The Balaban J connectivity index is 1.58. The van der Waals surface area contributed by atoms with Crippen molar-refractivity contribution in [2.24, 2.45) is 0 Å². The normalized spacial score (nSPS) is 13.5. The molecule has 0 spiro atoms. The number of hydrogen-bond donors (Lipinski definition) is 1. The van der Waals surface area contributed by atoms with Crippen LogP contribution in [0.2, 0.25) is 0 Å². The number of nitrogens with zero attached hydrogens (tertiary/aromatic N) is 2. The fourth-order valence-corrected chi connectivity index (χ4v) is 4.37. The largest absolute Gasteiger partial charge is 0.416 e. The predicted octanol–water partition coefficient (Wildman–Crippen LogP) is 6.32. The number of halogens is 3. The Labute approximate surface area is 202 Å². The third kappa shape index (κ3) is 5.91. The van der Waals surface area contributed by atoms with Gasteiger partial charge in [-0.2, -0.15) is 13.2 Å². The van der Waals surface area contributed by atoms with Crippen LogP contribution in [0.3, 0.4) is 0 Å². The molecule has 2 atom stereocenters. The first-order valence-corrected chi connectivity index (χ1v) is 11.7. The molecule has 0 aliphatic heterocycles. The molecule has 0 aliphatic carbocycles. The van der Waals surface area contributed by atoms with Gasteiger partial charge in [-0.15, -0.1) is 0 Å². The van der Waals surface area contributed by atoms with Crippen LogP contribution in [-0.2, 0) is 17.4 Å². The highest BCUT2D eigenvalue weighted by molar-refractivity contribution is 5.78. The van der Waals surface area contributed by atoms with Gasteiger partial charge in [-0.3, -0.25) is 4.79 Å². The smallest absolute Gasteiger partial charge is 0.354 e. The summed E-state index contributed by atoms with van der Waals surface area (Å²) in [6, 6.07) is 18.9. The number of imidazole rings is 1. The number of aromatic nitrogens is 2. The molecule has 4 aromatic rings. The quantitative estimate of drug-likeness (QED) is 0.321. The van der Waals surface area contributed by atoms with Gasteiger partial charge in [0.05, 0.1) is 11.3 Å². The lowest BCUT2D eigenvalue weighted by atomic mass is 9.90. The summed E-state index contributed by atoms with van der Waals surface area (Å²) < 4.78 is 42.2. The molecule has 182 valence electrons. The summed E-state index contributed by atoms with van der Waals surface area (Å²) in [6.45, 7) is 3.87. The van der Waals surface area contributed by atoms with Gasteiger partial charge in [0.1, 0.15) is 5.65 Å². The van der Waals surface area contributed by atoms with Crippen LogP contribution < -0.4 is 5.32 Å². The number of carbonyl (C=O) groups excluding carboxylic acids is 1. The molecule has 2 aromatic heterocycles. The number of aryl methyl sites for hydroxylation is 2. The second-order valence-corrected chi connectivity index (χ2v) is 8.94. The molecule has 1 N–H and O–H groups in total. The summed E-state index contributed by atoms with van der Waals surface area (Å²) in [5.74, 6) is -0.800. The highest BCUT2D eigenvalue weighted by Gasteiger charge is 2.32. The lowest BCUT2D eigenvalue weighted by Crippen LogP contribution is -2.34. The molecule has 35 heavy (non-hydrogen) atoms. The van der Waals surface area contributed by atoms with Crippen LogP contribution in [0.5, 0.6) is 0 Å². The van der Waals surface area contributed by atoms with E-state index in [-0.39, 0.29) is 18.4 Å². The van der Waals surface area contributed by atoms with E-state index in [4.69, 9.17) is 0 Å². The fraction of sp³-hybridized carbons (Fsp3) is 0.286. The van der Waals surface area contributed by atoms with Crippen LogP contribution in [0.4, 0.5) is 13.2 Å². The van der Waals surface area contributed by atoms with Gasteiger partial charge in [0.15, 0.2) is 0 Å². The van der Waals surface area contributed by atoms with E-state index >= 15 is 0 Å². The molecule has 7 heteroatoms. The molecule has 4 nitrogen and oxygen atoms in total. The summed E-state index contributed by atoms with van der Waals surface area (Å²) >= 11 is 0. The first-order chi connectivity index (χ1) is 16.7. The van der Waals surface area contributed by atoms with Crippen molar-refractivity contribution in [2.75, 3.05) is 0 Å². The second kappa shape index (κ2) is 10.3. The van der Waals surface area contributed by atoms with Crippen LogP contribution in [0, 0.1) is 6.92 Å². The summed E-state index contributed by atoms with van der Waals surface area (Å²) in [4.78, 5) is 17.5. The first-order valence-electron chi connectivity index (χ1n) is 11.7. The predicted molar refractivity (Wildman–Crippen MR) is 130 cm³/mol. The Morgan fingerprint density at radius 1 is 1.06 bits per heavy atom. The Kier molecular flexibility index (Phi) is 7.24. The van der Waals surface area contributed by atoms with Crippen molar-refractivity contribution in [3.8, 4) is 0 Å². The SMILES string of the molecule is Cc1cccn2c(C(CC(=O)NC(C)CCc3ccccc3)c3cccc(C(F)(F)F)c3)cnc12.